The topological polar surface area (TPSA) is 21.3 Å². The molecule has 1 aromatic rings. The predicted molar refractivity (Wildman–Crippen MR) is 76.1 cm³/mol. The molecule has 1 fully saturated rings. The summed E-state index contributed by atoms with van der Waals surface area (Å²) in [5, 5.41) is 4.48. The monoisotopic (exact) mass is 267 g/mol. The Morgan fingerprint density at radius 1 is 1.44 bits per heavy atom. The molecule has 1 aromatic carbocycles. The van der Waals surface area contributed by atoms with Gasteiger partial charge in [0.15, 0.2) is 0 Å². The maximum absolute atomic E-state index is 6.00. The normalized spacial score (nSPS) is 22.9. The van der Waals surface area contributed by atoms with E-state index in [1.807, 2.05) is 18.2 Å². The van der Waals surface area contributed by atoms with E-state index in [-0.39, 0.29) is 0 Å². The lowest BCUT2D eigenvalue weighted by Crippen LogP contribution is -2.40. The second-order valence-electron chi connectivity index (χ2n) is 5.31. The minimum Gasteiger partial charge on any atom is -0.381 e. The van der Waals surface area contributed by atoms with E-state index in [4.69, 9.17) is 16.3 Å². The molecule has 1 saturated heterocycles. The number of nitrogens with one attached hydrogen (secondary N) is 1. The SMILES string of the molecule is CC(Cc1cccc(Cl)c1)NC(C)C1CCOC1. The van der Waals surface area contributed by atoms with Crippen molar-refractivity contribution >= 4 is 11.6 Å². The Balaban J connectivity index is 1.82. The maximum atomic E-state index is 6.00. The van der Waals surface area contributed by atoms with Gasteiger partial charge in [0.05, 0.1) is 6.61 Å². The third kappa shape index (κ3) is 3.98. The first kappa shape index (κ1) is 13.9. The Morgan fingerprint density at radius 2 is 2.28 bits per heavy atom. The van der Waals surface area contributed by atoms with Crippen LogP contribution in [0.1, 0.15) is 25.8 Å². The number of rotatable bonds is 5. The lowest BCUT2D eigenvalue weighted by Gasteiger charge is -2.24. The third-order valence-corrected chi connectivity index (χ3v) is 3.89. The zero-order chi connectivity index (χ0) is 13.0. The fourth-order valence-corrected chi connectivity index (χ4v) is 2.82. The molecule has 3 heteroatoms. The Kier molecular flexibility index (Phi) is 5.04. The molecule has 1 N–H and O–H groups in total. The first-order valence-electron chi connectivity index (χ1n) is 6.73. The highest BCUT2D eigenvalue weighted by Crippen LogP contribution is 2.18. The standard InChI is InChI=1S/C15H22ClNO/c1-11(8-13-4-3-5-15(16)9-13)17-12(2)14-6-7-18-10-14/h3-5,9,11-12,14,17H,6-8,10H2,1-2H3. The Hall–Kier alpha value is -0.570. The van der Waals surface area contributed by atoms with Gasteiger partial charge in [0.25, 0.3) is 0 Å². The number of hydrogen-bond acceptors (Lipinski definition) is 2. The Bertz CT molecular complexity index is 377. The second-order valence-corrected chi connectivity index (χ2v) is 5.75. The fourth-order valence-electron chi connectivity index (χ4n) is 2.61. The minimum absolute atomic E-state index is 0.457. The third-order valence-electron chi connectivity index (χ3n) is 3.65. The van der Waals surface area contributed by atoms with Crippen LogP contribution in [0.5, 0.6) is 0 Å². The lowest BCUT2D eigenvalue weighted by molar-refractivity contribution is 0.177. The van der Waals surface area contributed by atoms with Gasteiger partial charge in [-0.3, -0.25) is 0 Å². The largest absolute Gasteiger partial charge is 0.381 e. The summed E-state index contributed by atoms with van der Waals surface area (Å²) in [4.78, 5) is 0. The molecule has 2 rings (SSSR count). The van der Waals surface area contributed by atoms with Crippen LogP contribution in [-0.2, 0) is 11.2 Å². The van der Waals surface area contributed by atoms with Gasteiger partial charge in [-0.05, 0) is 50.3 Å². The molecular formula is C15H22ClNO. The number of hydrogen-bond donors (Lipinski definition) is 1. The highest BCUT2D eigenvalue weighted by molar-refractivity contribution is 6.30. The molecule has 2 nitrogen and oxygen atoms in total. The number of halogens is 1. The molecule has 1 aliphatic rings. The molecule has 18 heavy (non-hydrogen) atoms. The van der Waals surface area contributed by atoms with Gasteiger partial charge in [0.2, 0.25) is 0 Å². The molecule has 100 valence electrons. The summed E-state index contributed by atoms with van der Waals surface area (Å²) in [7, 11) is 0. The van der Waals surface area contributed by atoms with Crippen molar-refractivity contribution < 1.29 is 4.74 Å². The van der Waals surface area contributed by atoms with Gasteiger partial charge in [0.1, 0.15) is 0 Å². The van der Waals surface area contributed by atoms with Gasteiger partial charge in [0, 0.05) is 23.7 Å². The smallest absolute Gasteiger partial charge is 0.0509 e. The molecule has 0 aromatic heterocycles. The summed E-state index contributed by atoms with van der Waals surface area (Å²) in [6.07, 6.45) is 2.19. The van der Waals surface area contributed by atoms with Crippen LogP contribution in [0.15, 0.2) is 24.3 Å². The van der Waals surface area contributed by atoms with Crippen LogP contribution >= 0.6 is 11.6 Å². The quantitative estimate of drug-likeness (QED) is 0.884. The van der Waals surface area contributed by atoms with Crippen molar-refractivity contribution in [2.45, 2.75) is 38.8 Å². The molecule has 3 unspecified atom stereocenters. The van der Waals surface area contributed by atoms with Crippen molar-refractivity contribution in [2.24, 2.45) is 5.92 Å². The summed E-state index contributed by atoms with van der Waals surface area (Å²) < 4.78 is 5.44. The highest BCUT2D eigenvalue weighted by Gasteiger charge is 2.23. The molecule has 0 spiro atoms. The summed E-state index contributed by atoms with van der Waals surface area (Å²) in [6.45, 7) is 6.30. The van der Waals surface area contributed by atoms with Crippen LogP contribution < -0.4 is 5.32 Å². The van der Waals surface area contributed by atoms with E-state index in [1.54, 1.807) is 0 Å². The van der Waals surface area contributed by atoms with Crippen LogP contribution in [0, 0.1) is 5.92 Å². The zero-order valence-electron chi connectivity index (χ0n) is 11.2. The van der Waals surface area contributed by atoms with Crippen LogP contribution in [-0.4, -0.2) is 25.3 Å². The molecule has 1 aliphatic heterocycles. The average molecular weight is 268 g/mol. The molecule has 3 atom stereocenters. The van der Waals surface area contributed by atoms with Gasteiger partial charge >= 0.3 is 0 Å². The van der Waals surface area contributed by atoms with Gasteiger partial charge in [-0.15, -0.1) is 0 Å². The van der Waals surface area contributed by atoms with Gasteiger partial charge in [-0.25, -0.2) is 0 Å². The predicted octanol–water partition coefficient (Wildman–Crippen LogP) is 3.29. The van der Waals surface area contributed by atoms with Crippen molar-refractivity contribution in [1.82, 2.24) is 5.32 Å². The first-order valence-corrected chi connectivity index (χ1v) is 7.11. The average Bonchev–Trinajstić information content (AvgIpc) is 2.81. The first-order chi connectivity index (χ1) is 8.65. The van der Waals surface area contributed by atoms with Gasteiger partial charge in [-0.2, -0.15) is 0 Å². The van der Waals surface area contributed by atoms with E-state index in [0.29, 0.717) is 18.0 Å². The van der Waals surface area contributed by atoms with Crippen molar-refractivity contribution in [1.29, 1.82) is 0 Å². The highest BCUT2D eigenvalue weighted by atomic mass is 35.5. The molecular weight excluding hydrogens is 246 g/mol. The summed E-state index contributed by atoms with van der Waals surface area (Å²) >= 11 is 6.00. The van der Waals surface area contributed by atoms with Gasteiger partial charge in [-0.1, -0.05) is 23.7 Å². The Labute approximate surface area is 115 Å². The van der Waals surface area contributed by atoms with Crippen LogP contribution in [0.25, 0.3) is 0 Å². The van der Waals surface area contributed by atoms with E-state index < -0.39 is 0 Å². The summed E-state index contributed by atoms with van der Waals surface area (Å²) in [5.74, 6) is 0.659. The van der Waals surface area contributed by atoms with Crippen LogP contribution in [0.2, 0.25) is 5.02 Å². The number of benzene rings is 1. The molecule has 0 saturated carbocycles. The molecule has 0 bridgehead atoms. The van der Waals surface area contributed by atoms with Crippen LogP contribution in [0.3, 0.4) is 0 Å². The summed E-state index contributed by atoms with van der Waals surface area (Å²) in [5.41, 5.74) is 1.29. The molecule has 0 amide bonds. The van der Waals surface area contributed by atoms with E-state index in [1.165, 1.54) is 12.0 Å². The lowest BCUT2D eigenvalue weighted by atomic mass is 9.98. The van der Waals surface area contributed by atoms with Crippen molar-refractivity contribution in [3.8, 4) is 0 Å². The van der Waals surface area contributed by atoms with Crippen molar-refractivity contribution in [3.63, 3.8) is 0 Å². The molecule has 0 radical (unpaired) electrons. The van der Waals surface area contributed by atoms with E-state index in [9.17, 15) is 0 Å². The Morgan fingerprint density at radius 3 is 2.94 bits per heavy atom. The van der Waals surface area contributed by atoms with Crippen molar-refractivity contribution in [3.05, 3.63) is 34.9 Å². The van der Waals surface area contributed by atoms with Crippen molar-refractivity contribution in [2.75, 3.05) is 13.2 Å². The molecule has 0 aliphatic carbocycles. The second kappa shape index (κ2) is 6.55. The number of ether oxygens (including phenoxy) is 1. The minimum atomic E-state index is 0.457. The van der Waals surface area contributed by atoms with Gasteiger partial charge < -0.3 is 10.1 Å². The van der Waals surface area contributed by atoms with E-state index in [0.717, 1.165) is 24.7 Å². The summed E-state index contributed by atoms with van der Waals surface area (Å²) in [6, 6.07) is 9.08. The zero-order valence-corrected chi connectivity index (χ0v) is 11.9. The maximum Gasteiger partial charge on any atom is 0.0509 e. The fraction of sp³-hybridized carbons (Fsp3) is 0.600. The van der Waals surface area contributed by atoms with E-state index >= 15 is 0 Å². The van der Waals surface area contributed by atoms with Crippen LogP contribution in [0.4, 0.5) is 0 Å². The molecule has 1 heterocycles. The van der Waals surface area contributed by atoms with E-state index in [2.05, 4.69) is 25.2 Å².